The van der Waals surface area contributed by atoms with Crippen LogP contribution in [0.15, 0.2) is 0 Å². The number of rotatable bonds is 7. The molecule has 0 aliphatic carbocycles. The molecule has 2 atom stereocenters. The Morgan fingerprint density at radius 1 is 1.06 bits per heavy atom. The van der Waals surface area contributed by atoms with Gasteiger partial charge >= 0.3 is 11.9 Å². The first-order chi connectivity index (χ1) is 7.45. The van der Waals surface area contributed by atoms with E-state index < -0.39 is 24.0 Å². The Labute approximate surface area is 101 Å². The van der Waals surface area contributed by atoms with Crippen molar-refractivity contribution in [2.24, 2.45) is 11.5 Å². The maximum Gasteiger partial charge on any atom is 0.321 e. The van der Waals surface area contributed by atoms with Crippen LogP contribution in [-0.2, 0) is 9.59 Å². The molecule has 0 aliphatic heterocycles. The van der Waals surface area contributed by atoms with Crippen LogP contribution in [0.4, 0.5) is 0 Å². The Balaban J connectivity index is 0. The monoisotopic (exact) mass is 267 g/mol. The Bertz CT molecular complexity index is 227. The molecular weight excluding hydrogens is 254 g/mol. The van der Waals surface area contributed by atoms with Crippen LogP contribution in [0.3, 0.4) is 0 Å². The van der Waals surface area contributed by atoms with Gasteiger partial charge in [-0.05, 0) is 0 Å². The largest absolute Gasteiger partial charge is 0.480 e. The number of nitrogens with zero attached hydrogens (tertiary/aromatic N) is 1. The average Bonchev–Trinajstić information content (AvgIpc) is 2.26. The van der Waals surface area contributed by atoms with E-state index in [4.69, 9.17) is 26.9 Å². The Kier molecular flexibility index (Phi) is 11.5. The highest BCUT2D eigenvalue weighted by Gasteiger charge is 2.14. The molecule has 0 aromatic rings. The molecule has 6 N–H and O–H groups in total. The van der Waals surface area contributed by atoms with E-state index in [2.05, 4.69) is 6.57 Å². The van der Waals surface area contributed by atoms with Crippen molar-refractivity contribution in [3.8, 4) is 6.57 Å². The Hall–Kier alpha value is -0.950. The summed E-state index contributed by atoms with van der Waals surface area (Å²) in [4.78, 5) is 20.5. The fourth-order valence-corrected chi connectivity index (χ4v) is 2.61. The van der Waals surface area contributed by atoms with Crippen LogP contribution in [0.1, 0.15) is 0 Å². The summed E-state index contributed by atoms with van der Waals surface area (Å²) >= 11 is 0. The molecule has 0 aromatic carbocycles. The highest BCUT2D eigenvalue weighted by molar-refractivity contribution is 8.76. The molecule has 92 valence electrons. The van der Waals surface area contributed by atoms with Gasteiger partial charge in [-0.15, -0.1) is 0 Å². The van der Waals surface area contributed by atoms with Gasteiger partial charge in [0, 0.05) is 18.1 Å². The minimum atomic E-state index is -1.07. The summed E-state index contributed by atoms with van der Waals surface area (Å²) in [5.74, 6) is -1.68. The topological polar surface area (TPSA) is 150 Å². The molecule has 0 rings (SSSR count). The van der Waals surface area contributed by atoms with Crippen LogP contribution in [0.2, 0.25) is 0 Å². The molecule has 16 heavy (non-hydrogen) atoms. The fourth-order valence-electron chi connectivity index (χ4n) is 0.385. The summed E-state index contributed by atoms with van der Waals surface area (Å²) in [7, 11) is 2.41. The van der Waals surface area contributed by atoms with Gasteiger partial charge in [0.1, 0.15) is 12.1 Å². The van der Waals surface area contributed by atoms with Gasteiger partial charge in [-0.1, -0.05) is 21.6 Å². The number of carboxylic acids is 2. The number of hydrogen-bond acceptors (Lipinski definition) is 7. The molecule has 0 bridgehead atoms. The van der Waals surface area contributed by atoms with Crippen molar-refractivity contribution in [2.45, 2.75) is 12.1 Å². The molecule has 9 heteroatoms. The average molecular weight is 267 g/mol. The van der Waals surface area contributed by atoms with Crippen molar-refractivity contribution >= 4 is 33.5 Å². The SMILES string of the molecule is C#N.N[C@@H](CSSC[C@H](N)C(=O)O)C(=O)O. The molecule has 0 aliphatic rings. The van der Waals surface area contributed by atoms with Gasteiger partial charge in [-0.3, -0.25) is 9.59 Å². The van der Waals surface area contributed by atoms with Gasteiger partial charge in [0.2, 0.25) is 0 Å². The lowest BCUT2D eigenvalue weighted by molar-refractivity contribution is -0.138. The van der Waals surface area contributed by atoms with Crippen molar-refractivity contribution < 1.29 is 19.8 Å². The number of nitriles is 1. The number of aliphatic carboxylic acids is 2. The van der Waals surface area contributed by atoms with Crippen LogP contribution >= 0.6 is 21.6 Å². The molecule has 0 radical (unpaired) electrons. The first-order valence-corrected chi connectivity index (χ1v) is 6.41. The van der Waals surface area contributed by atoms with Gasteiger partial charge in [-0.25, -0.2) is 5.26 Å². The fraction of sp³-hybridized carbons (Fsp3) is 0.571. The van der Waals surface area contributed by atoms with Gasteiger partial charge in [0.05, 0.1) is 0 Å². The van der Waals surface area contributed by atoms with E-state index in [9.17, 15) is 9.59 Å². The van der Waals surface area contributed by atoms with Crippen LogP contribution in [0.25, 0.3) is 0 Å². The summed E-state index contributed by atoms with van der Waals surface area (Å²) in [6.07, 6.45) is 0. The highest BCUT2D eigenvalue weighted by Crippen LogP contribution is 2.22. The number of carboxylic acid groups (broad SMARTS) is 2. The molecule has 0 aromatic heterocycles. The lowest BCUT2D eigenvalue weighted by atomic mass is 10.4. The number of hydrogen-bond donors (Lipinski definition) is 4. The third kappa shape index (κ3) is 9.60. The standard InChI is InChI=1S/C6H12N2O4S2.CHN/c7-3(5(9)10)1-13-14-2-4(8)6(11)12;1-2/h3-4H,1-2,7-8H2,(H,9,10)(H,11,12);1H/t3-,4-;/m0./s1. The van der Waals surface area contributed by atoms with Crippen molar-refractivity contribution in [1.29, 1.82) is 5.26 Å². The normalized spacial score (nSPS) is 13.0. The predicted molar refractivity (Wildman–Crippen MR) is 62.8 cm³/mol. The van der Waals surface area contributed by atoms with Gasteiger partial charge in [0.15, 0.2) is 0 Å². The lowest BCUT2D eigenvalue weighted by Crippen LogP contribution is -2.33. The molecule has 0 spiro atoms. The van der Waals surface area contributed by atoms with Crippen LogP contribution in [-0.4, -0.2) is 45.7 Å². The summed E-state index contributed by atoms with van der Waals surface area (Å²) in [5.41, 5.74) is 10.4. The van der Waals surface area contributed by atoms with E-state index in [1.54, 1.807) is 0 Å². The number of carbonyl (C=O) groups is 2. The number of nitrogens with two attached hydrogens (primary N) is 2. The summed E-state index contributed by atoms with van der Waals surface area (Å²) in [5, 5.41) is 23.3. The molecule has 0 fully saturated rings. The second-order valence-corrected chi connectivity index (χ2v) is 5.01. The molecule has 0 heterocycles. The maximum atomic E-state index is 10.3. The quantitative estimate of drug-likeness (QED) is 0.347. The minimum absolute atomic E-state index is 0.229. The molecule has 7 nitrogen and oxygen atoms in total. The van der Waals surface area contributed by atoms with Crippen LogP contribution in [0, 0.1) is 11.8 Å². The van der Waals surface area contributed by atoms with Crippen molar-refractivity contribution in [3.05, 3.63) is 0 Å². The summed E-state index contributed by atoms with van der Waals surface area (Å²) in [6.45, 7) is 3.50. The maximum absolute atomic E-state index is 10.3. The van der Waals surface area contributed by atoms with E-state index in [0.29, 0.717) is 0 Å². The zero-order valence-electron chi connectivity index (χ0n) is 8.28. The molecule has 0 saturated carbocycles. The molecule has 0 unspecified atom stereocenters. The van der Waals surface area contributed by atoms with Gasteiger partial charge in [-0.2, -0.15) is 0 Å². The third-order valence-electron chi connectivity index (χ3n) is 1.21. The second-order valence-electron chi connectivity index (χ2n) is 2.46. The Morgan fingerprint density at radius 2 is 1.31 bits per heavy atom. The molecule has 0 saturated heterocycles. The van der Waals surface area contributed by atoms with E-state index in [-0.39, 0.29) is 11.5 Å². The zero-order chi connectivity index (χ0) is 13.1. The van der Waals surface area contributed by atoms with Crippen LogP contribution < -0.4 is 11.5 Å². The lowest BCUT2D eigenvalue weighted by Gasteiger charge is -2.07. The predicted octanol–water partition coefficient (Wildman–Crippen LogP) is -0.669. The van der Waals surface area contributed by atoms with Crippen molar-refractivity contribution in [3.63, 3.8) is 0 Å². The van der Waals surface area contributed by atoms with Gasteiger partial charge in [0.25, 0.3) is 0 Å². The highest BCUT2D eigenvalue weighted by atomic mass is 33.1. The van der Waals surface area contributed by atoms with E-state index in [0.717, 1.165) is 0 Å². The van der Waals surface area contributed by atoms with Crippen molar-refractivity contribution in [1.82, 2.24) is 0 Å². The summed E-state index contributed by atoms with van der Waals surface area (Å²) in [6, 6.07) is -1.85. The first kappa shape index (κ1) is 17.4. The van der Waals surface area contributed by atoms with E-state index >= 15 is 0 Å². The van der Waals surface area contributed by atoms with E-state index in [1.807, 2.05) is 0 Å². The second kappa shape index (κ2) is 10.6. The molecular formula is C7H13N3O4S2. The smallest absolute Gasteiger partial charge is 0.321 e. The zero-order valence-corrected chi connectivity index (χ0v) is 9.91. The van der Waals surface area contributed by atoms with Crippen LogP contribution in [0.5, 0.6) is 0 Å². The molecule has 0 amide bonds. The minimum Gasteiger partial charge on any atom is -0.480 e. The summed E-state index contributed by atoms with van der Waals surface area (Å²) < 4.78 is 0. The van der Waals surface area contributed by atoms with E-state index in [1.165, 1.54) is 21.6 Å². The third-order valence-corrected chi connectivity index (χ3v) is 3.69. The Morgan fingerprint density at radius 3 is 1.50 bits per heavy atom. The van der Waals surface area contributed by atoms with Crippen molar-refractivity contribution in [2.75, 3.05) is 11.5 Å². The van der Waals surface area contributed by atoms with Gasteiger partial charge < -0.3 is 21.7 Å². The first-order valence-electron chi connectivity index (χ1n) is 3.92.